The number of carbonyl (C=O) groups is 2. The Morgan fingerprint density at radius 1 is 1.53 bits per heavy atom. The van der Waals surface area contributed by atoms with E-state index in [2.05, 4.69) is 9.69 Å². The van der Waals surface area contributed by atoms with E-state index in [1.807, 2.05) is 13.8 Å². The molecule has 0 aliphatic rings. The van der Waals surface area contributed by atoms with Crippen molar-refractivity contribution >= 4 is 23.4 Å². The Kier molecular flexibility index (Phi) is 4.62. The number of hydrogen-bond acceptors (Lipinski definition) is 4. The molecule has 0 saturated carbocycles. The molecule has 1 atom stereocenters. The summed E-state index contributed by atoms with van der Waals surface area (Å²) in [4.78, 5) is 22.8. The van der Waals surface area contributed by atoms with Crippen LogP contribution in [0.2, 0.25) is 0 Å². The molecule has 0 aromatic carbocycles. The lowest BCUT2D eigenvalue weighted by Gasteiger charge is -2.16. The number of carbonyl (C=O) groups excluding carboxylic acids is 1. The molecule has 0 radical (unpaired) electrons. The number of aliphatic carboxylic acids is 1. The minimum Gasteiger partial charge on any atom is -0.480 e. The molecular weight excluding hydrogens is 240 g/mol. The van der Waals surface area contributed by atoms with Crippen molar-refractivity contribution < 1.29 is 14.7 Å². The molecule has 1 rings (SSSR count). The lowest BCUT2D eigenvalue weighted by Crippen LogP contribution is -2.41. The minimum absolute atomic E-state index is 0.207. The molecule has 0 unspecified atom stereocenters. The van der Waals surface area contributed by atoms with Gasteiger partial charge in [0.1, 0.15) is 6.04 Å². The molecule has 0 aliphatic heterocycles. The topological polar surface area (TPSA) is 79.3 Å². The zero-order valence-electron chi connectivity index (χ0n) is 10.1. The molecule has 6 heteroatoms. The van der Waals surface area contributed by atoms with Crippen molar-refractivity contribution in [1.29, 1.82) is 0 Å². The number of aryl methyl sites for hydroxylation is 1. The fourth-order valence-electron chi connectivity index (χ4n) is 1.44. The smallest absolute Gasteiger partial charge is 0.326 e. The predicted molar refractivity (Wildman–Crippen MR) is 65.2 cm³/mol. The summed E-state index contributed by atoms with van der Waals surface area (Å²) in [7, 11) is 0. The van der Waals surface area contributed by atoms with Crippen LogP contribution in [-0.4, -0.2) is 27.4 Å². The van der Waals surface area contributed by atoms with Gasteiger partial charge in [-0.3, -0.25) is 4.79 Å². The normalized spacial score (nSPS) is 12.5. The Morgan fingerprint density at radius 3 is 2.59 bits per heavy atom. The number of hydrogen-bond donors (Lipinski definition) is 2. The van der Waals surface area contributed by atoms with Gasteiger partial charge in [-0.2, -0.15) is 4.37 Å². The zero-order valence-corrected chi connectivity index (χ0v) is 10.9. The summed E-state index contributed by atoms with van der Waals surface area (Å²) in [5, 5.41) is 13.2. The maximum Gasteiger partial charge on any atom is 0.326 e. The van der Waals surface area contributed by atoms with Crippen LogP contribution in [0.1, 0.15) is 36.3 Å². The molecule has 0 aliphatic carbocycles. The SMILES string of the molecule is Cc1nscc1C(=O)N[C@@H](CC(C)C)C(=O)O. The Balaban J connectivity index is 2.71. The number of carboxylic acids is 1. The molecule has 0 saturated heterocycles. The van der Waals surface area contributed by atoms with Crippen molar-refractivity contribution in [2.24, 2.45) is 5.92 Å². The molecule has 0 bridgehead atoms. The third kappa shape index (κ3) is 3.81. The van der Waals surface area contributed by atoms with Crippen LogP contribution in [0.25, 0.3) is 0 Å². The summed E-state index contributed by atoms with van der Waals surface area (Å²) in [6, 6.07) is -0.846. The fourth-order valence-corrected chi connectivity index (χ4v) is 2.13. The standard InChI is InChI=1S/C11H16N2O3S/c1-6(2)4-9(11(15)16)12-10(14)8-5-17-13-7(8)3/h5-6,9H,4H2,1-3H3,(H,12,14)(H,15,16)/t9-/m0/s1. The molecule has 17 heavy (non-hydrogen) atoms. The van der Waals surface area contributed by atoms with E-state index in [4.69, 9.17) is 5.11 Å². The number of nitrogens with one attached hydrogen (secondary N) is 1. The summed E-state index contributed by atoms with van der Waals surface area (Å²) in [5.74, 6) is -1.17. The van der Waals surface area contributed by atoms with E-state index >= 15 is 0 Å². The second-order valence-electron chi connectivity index (χ2n) is 4.31. The number of carboxylic acid groups (broad SMARTS) is 1. The van der Waals surface area contributed by atoms with Gasteiger partial charge in [-0.15, -0.1) is 0 Å². The average Bonchev–Trinajstić information content (AvgIpc) is 2.62. The lowest BCUT2D eigenvalue weighted by molar-refractivity contribution is -0.139. The molecule has 1 aromatic heterocycles. The van der Waals surface area contributed by atoms with Crippen molar-refractivity contribution in [1.82, 2.24) is 9.69 Å². The highest BCUT2D eigenvalue weighted by atomic mass is 32.1. The van der Waals surface area contributed by atoms with E-state index in [0.29, 0.717) is 17.7 Å². The van der Waals surface area contributed by atoms with Gasteiger partial charge in [0.25, 0.3) is 5.91 Å². The monoisotopic (exact) mass is 256 g/mol. The molecule has 1 heterocycles. The third-order valence-corrected chi connectivity index (χ3v) is 3.03. The van der Waals surface area contributed by atoms with Gasteiger partial charge >= 0.3 is 5.97 Å². The summed E-state index contributed by atoms with van der Waals surface area (Å²) in [6.45, 7) is 5.56. The summed E-state index contributed by atoms with van der Waals surface area (Å²) in [6.07, 6.45) is 0.414. The van der Waals surface area contributed by atoms with Crippen LogP contribution >= 0.6 is 11.5 Å². The van der Waals surface area contributed by atoms with Crippen LogP contribution in [0.3, 0.4) is 0 Å². The first-order valence-electron chi connectivity index (χ1n) is 5.36. The highest BCUT2D eigenvalue weighted by Crippen LogP contribution is 2.11. The summed E-state index contributed by atoms with van der Waals surface area (Å²) < 4.78 is 3.98. The molecule has 1 aromatic rings. The maximum atomic E-state index is 11.8. The molecule has 5 nitrogen and oxygen atoms in total. The Bertz CT molecular complexity index is 415. The van der Waals surface area contributed by atoms with Crippen molar-refractivity contribution in [3.63, 3.8) is 0 Å². The van der Waals surface area contributed by atoms with E-state index in [1.165, 1.54) is 11.5 Å². The maximum absolute atomic E-state index is 11.8. The number of rotatable bonds is 5. The van der Waals surface area contributed by atoms with Crippen LogP contribution in [0.15, 0.2) is 5.38 Å². The lowest BCUT2D eigenvalue weighted by atomic mass is 10.0. The first kappa shape index (κ1) is 13.6. The second kappa shape index (κ2) is 5.77. The zero-order chi connectivity index (χ0) is 13.0. The van der Waals surface area contributed by atoms with Crippen LogP contribution in [0, 0.1) is 12.8 Å². The number of amides is 1. The van der Waals surface area contributed by atoms with Gasteiger partial charge in [0.05, 0.1) is 11.3 Å². The first-order chi connectivity index (χ1) is 7.91. The van der Waals surface area contributed by atoms with Crippen molar-refractivity contribution in [2.45, 2.75) is 33.2 Å². The van der Waals surface area contributed by atoms with Crippen molar-refractivity contribution in [3.05, 3.63) is 16.6 Å². The summed E-state index contributed by atoms with van der Waals surface area (Å²) in [5.41, 5.74) is 1.08. The Morgan fingerprint density at radius 2 is 2.18 bits per heavy atom. The molecule has 94 valence electrons. The number of nitrogens with zero attached hydrogens (tertiary/aromatic N) is 1. The fraction of sp³-hybridized carbons (Fsp3) is 0.545. The Labute approximate surface area is 104 Å². The van der Waals surface area contributed by atoms with Crippen LogP contribution < -0.4 is 5.32 Å². The van der Waals surface area contributed by atoms with Gasteiger partial charge < -0.3 is 10.4 Å². The predicted octanol–water partition coefficient (Wildman–Crippen LogP) is 1.68. The quantitative estimate of drug-likeness (QED) is 0.840. The van der Waals surface area contributed by atoms with E-state index in [-0.39, 0.29) is 11.8 Å². The van der Waals surface area contributed by atoms with Crippen LogP contribution in [0.4, 0.5) is 0 Å². The highest BCUT2D eigenvalue weighted by molar-refractivity contribution is 7.03. The highest BCUT2D eigenvalue weighted by Gasteiger charge is 2.22. The van der Waals surface area contributed by atoms with Gasteiger partial charge in [-0.25, -0.2) is 4.79 Å². The van der Waals surface area contributed by atoms with Gasteiger partial charge in [-0.1, -0.05) is 13.8 Å². The molecule has 1 amide bonds. The largest absolute Gasteiger partial charge is 0.480 e. The second-order valence-corrected chi connectivity index (χ2v) is 4.94. The minimum atomic E-state index is -1.01. The van der Waals surface area contributed by atoms with Crippen molar-refractivity contribution in [2.75, 3.05) is 0 Å². The summed E-state index contributed by atoms with van der Waals surface area (Å²) >= 11 is 1.19. The first-order valence-corrected chi connectivity index (χ1v) is 6.20. The Hall–Kier alpha value is -1.43. The molecule has 0 fully saturated rings. The van der Waals surface area contributed by atoms with E-state index in [9.17, 15) is 9.59 Å². The molecule has 0 spiro atoms. The van der Waals surface area contributed by atoms with E-state index < -0.39 is 12.0 Å². The molecule has 2 N–H and O–H groups in total. The third-order valence-electron chi connectivity index (χ3n) is 2.31. The van der Waals surface area contributed by atoms with Gasteiger partial charge in [0, 0.05) is 5.38 Å². The van der Waals surface area contributed by atoms with Crippen molar-refractivity contribution in [3.8, 4) is 0 Å². The van der Waals surface area contributed by atoms with Gasteiger partial charge in [0.15, 0.2) is 0 Å². The van der Waals surface area contributed by atoms with Gasteiger partial charge in [-0.05, 0) is 30.8 Å². The number of aromatic nitrogens is 1. The van der Waals surface area contributed by atoms with Crippen LogP contribution in [-0.2, 0) is 4.79 Å². The molecular formula is C11H16N2O3S. The van der Waals surface area contributed by atoms with E-state index in [0.717, 1.165) is 0 Å². The van der Waals surface area contributed by atoms with Gasteiger partial charge in [0.2, 0.25) is 0 Å². The van der Waals surface area contributed by atoms with E-state index in [1.54, 1.807) is 12.3 Å². The van der Waals surface area contributed by atoms with Crippen LogP contribution in [0.5, 0.6) is 0 Å². The average molecular weight is 256 g/mol.